The number of carbonyl (C=O) groups is 2. The summed E-state index contributed by atoms with van der Waals surface area (Å²) < 4.78 is 37.5. The van der Waals surface area contributed by atoms with Crippen molar-refractivity contribution < 1.29 is 27.5 Å². The third kappa shape index (κ3) is 5.28. The zero-order chi connectivity index (χ0) is 23.6. The fourth-order valence-electron chi connectivity index (χ4n) is 3.64. The predicted molar refractivity (Wildman–Crippen MR) is 126 cm³/mol. The summed E-state index contributed by atoms with van der Waals surface area (Å²) >= 11 is 11.2. The highest BCUT2D eigenvalue weighted by Gasteiger charge is 2.33. The minimum absolute atomic E-state index is 0.103. The smallest absolute Gasteiger partial charge is 0.414 e. The summed E-state index contributed by atoms with van der Waals surface area (Å²) in [6, 6.07) is 6.07. The quantitative estimate of drug-likeness (QED) is 0.582. The van der Waals surface area contributed by atoms with Gasteiger partial charge < -0.3 is 14.8 Å². The summed E-state index contributed by atoms with van der Waals surface area (Å²) in [6.07, 6.45) is 2.53. The van der Waals surface area contributed by atoms with Crippen LogP contribution in [-0.4, -0.2) is 75.1 Å². The SMILES string of the molecule is O=C(NC[C@H]1CN(c2ccc(S(=O)(=O)N3CCOCC3)cc2)C(=O)O1)C1=CC(Cl)=CCC1=S. The molecule has 0 aromatic heterocycles. The molecule has 2 heterocycles. The molecule has 1 aliphatic carbocycles. The van der Waals surface area contributed by atoms with E-state index in [1.807, 2.05) is 0 Å². The van der Waals surface area contributed by atoms with Crippen LogP contribution in [0.5, 0.6) is 0 Å². The topological polar surface area (TPSA) is 105 Å². The second-order valence-corrected chi connectivity index (χ2v) is 10.5. The van der Waals surface area contributed by atoms with Crippen LogP contribution in [0.1, 0.15) is 6.42 Å². The van der Waals surface area contributed by atoms with Crippen LogP contribution in [0.25, 0.3) is 0 Å². The minimum atomic E-state index is -3.62. The number of allylic oxidation sites excluding steroid dienone is 3. The van der Waals surface area contributed by atoms with Gasteiger partial charge in [-0.3, -0.25) is 9.69 Å². The molecule has 0 bridgehead atoms. The van der Waals surface area contributed by atoms with Crippen molar-refractivity contribution in [3.8, 4) is 0 Å². The Bertz CT molecular complexity index is 1130. The number of rotatable bonds is 6. The van der Waals surface area contributed by atoms with Gasteiger partial charge in [0.1, 0.15) is 6.10 Å². The molecule has 0 spiro atoms. The van der Waals surface area contributed by atoms with E-state index in [1.54, 1.807) is 18.2 Å². The largest absolute Gasteiger partial charge is 0.442 e. The molecule has 1 aromatic carbocycles. The number of amides is 2. The zero-order valence-electron chi connectivity index (χ0n) is 17.5. The number of benzene rings is 1. The zero-order valence-corrected chi connectivity index (χ0v) is 19.9. The lowest BCUT2D eigenvalue weighted by Gasteiger charge is -2.26. The summed E-state index contributed by atoms with van der Waals surface area (Å²) in [5.41, 5.74) is 0.832. The summed E-state index contributed by atoms with van der Waals surface area (Å²) in [5.74, 6) is -0.376. The van der Waals surface area contributed by atoms with Crippen LogP contribution in [0.15, 0.2) is 51.9 Å². The maximum absolute atomic E-state index is 12.8. The Labute approximate surface area is 202 Å². The number of halogens is 1. The van der Waals surface area contributed by atoms with Gasteiger partial charge in [0.25, 0.3) is 5.91 Å². The first kappa shape index (κ1) is 23.8. The van der Waals surface area contributed by atoms with Crippen LogP contribution in [0.2, 0.25) is 0 Å². The lowest BCUT2D eigenvalue weighted by Crippen LogP contribution is -2.40. The third-order valence-corrected chi connectivity index (χ3v) is 7.99. The molecular formula is C21H22ClN3O6S2. The number of anilines is 1. The van der Waals surface area contributed by atoms with Crippen LogP contribution >= 0.6 is 23.8 Å². The van der Waals surface area contributed by atoms with Crippen molar-refractivity contribution in [2.24, 2.45) is 0 Å². The summed E-state index contributed by atoms with van der Waals surface area (Å²) in [5, 5.41) is 3.17. The molecule has 4 rings (SSSR count). The summed E-state index contributed by atoms with van der Waals surface area (Å²) in [7, 11) is -3.62. The highest BCUT2D eigenvalue weighted by Crippen LogP contribution is 2.25. The van der Waals surface area contributed by atoms with Crippen LogP contribution in [0, 0.1) is 0 Å². The molecule has 3 aliphatic rings. The molecule has 2 amide bonds. The number of ether oxygens (including phenoxy) is 2. The predicted octanol–water partition coefficient (Wildman–Crippen LogP) is 1.97. The van der Waals surface area contributed by atoms with Crippen molar-refractivity contribution in [1.82, 2.24) is 9.62 Å². The Morgan fingerprint density at radius 2 is 1.91 bits per heavy atom. The first-order valence-electron chi connectivity index (χ1n) is 10.3. The Kier molecular flexibility index (Phi) is 7.15. The van der Waals surface area contributed by atoms with E-state index in [1.165, 1.54) is 27.4 Å². The van der Waals surface area contributed by atoms with E-state index in [9.17, 15) is 18.0 Å². The van der Waals surface area contributed by atoms with Crippen molar-refractivity contribution in [2.45, 2.75) is 17.4 Å². The second-order valence-electron chi connectivity index (χ2n) is 7.61. The molecular weight excluding hydrogens is 490 g/mol. The fraction of sp³-hybridized carbons (Fsp3) is 0.381. The molecule has 1 aromatic rings. The Morgan fingerprint density at radius 3 is 2.61 bits per heavy atom. The lowest BCUT2D eigenvalue weighted by molar-refractivity contribution is -0.117. The monoisotopic (exact) mass is 511 g/mol. The van der Waals surface area contributed by atoms with E-state index in [0.29, 0.717) is 53.9 Å². The van der Waals surface area contributed by atoms with Gasteiger partial charge in [0.15, 0.2) is 0 Å². The van der Waals surface area contributed by atoms with Gasteiger partial charge >= 0.3 is 6.09 Å². The summed E-state index contributed by atoms with van der Waals surface area (Å²) in [4.78, 5) is 26.8. The van der Waals surface area contributed by atoms with Gasteiger partial charge in [-0.05, 0) is 30.3 Å². The highest BCUT2D eigenvalue weighted by atomic mass is 35.5. The number of morpholine rings is 1. The molecule has 9 nitrogen and oxygen atoms in total. The van der Waals surface area contributed by atoms with Gasteiger partial charge in [-0.15, -0.1) is 0 Å². The van der Waals surface area contributed by atoms with E-state index in [-0.39, 0.29) is 23.9 Å². The van der Waals surface area contributed by atoms with Gasteiger partial charge in [-0.25, -0.2) is 13.2 Å². The third-order valence-electron chi connectivity index (χ3n) is 5.43. The molecule has 2 fully saturated rings. The average molecular weight is 512 g/mol. The van der Waals surface area contributed by atoms with E-state index >= 15 is 0 Å². The van der Waals surface area contributed by atoms with E-state index < -0.39 is 22.2 Å². The van der Waals surface area contributed by atoms with Crippen LogP contribution in [0.4, 0.5) is 10.5 Å². The second kappa shape index (κ2) is 9.90. The van der Waals surface area contributed by atoms with E-state index in [4.69, 9.17) is 33.3 Å². The highest BCUT2D eigenvalue weighted by molar-refractivity contribution is 7.89. The number of carbonyl (C=O) groups excluding carboxylic acids is 2. The molecule has 2 aliphatic heterocycles. The fourth-order valence-corrected chi connectivity index (χ4v) is 5.47. The van der Waals surface area contributed by atoms with Crippen molar-refractivity contribution >= 4 is 56.4 Å². The molecule has 1 atom stereocenters. The minimum Gasteiger partial charge on any atom is -0.442 e. The number of nitrogens with one attached hydrogen (secondary N) is 1. The number of sulfonamides is 1. The number of thiocarbonyl (C=S) groups is 1. The van der Waals surface area contributed by atoms with Gasteiger partial charge in [0.2, 0.25) is 10.0 Å². The number of nitrogens with zero attached hydrogens (tertiary/aromatic N) is 2. The molecule has 1 N–H and O–H groups in total. The van der Waals surface area contributed by atoms with Crippen LogP contribution in [-0.2, 0) is 24.3 Å². The Hall–Kier alpha value is -2.31. The lowest BCUT2D eigenvalue weighted by atomic mass is 10.0. The maximum atomic E-state index is 12.8. The number of hydrogen-bond acceptors (Lipinski definition) is 7. The van der Waals surface area contributed by atoms with E-state index in [0.717, 1.165) is 0 Å². The molecule has 176 valence electrons. The first-order valence-corrected chi connectivity index (χ1v) is 12.5. The van der Waals surface area contributed by atoms with Gasteiger partial charge in [0, 0.05) is 35.1 Å². The van der Waals surface area contributed by atoms with Crippen molar-refractivity contribution in [1.29, 1.82) is 0 Å². The molecule has 0 radical (unpaired) electrons. The van der Waals surface area contributed by atoms with Crippen LogP contribution in [0.3, 0.4) is 0 Å². The number of hydrogen-bond donors (Lipinski definition) is 1. The number of cyclic esters (lactones) is 1. The normalized spacial score (nSPS) is 22.0. The van der Waals surface area contributed by atoms with Gasteiger partial charge in [-0.2, -0.15) is 4.31 Å². The Morgan fingerprint density at radius 1 is 1.21 bits per heavy atom. The molecule has 0 unspecified atom stereocenters. The molecule has 2 saturated heterocycles. The van der Waals surface area contributed by atoms with Crippen molar-refractivity contribution in [3.05, 3.63) is 47.0 Å². The van der Waals surface area contributed by atoms with E-state index in [2.05, 4.69) is 5.32 Å². The van der Waals surface area contributed by atoms with Crippen molar-refractivity contribution in [3.63, 3.8) is 0 Å². The van der Waals surface area contributed by atoms with Gasteiger partial charge in [-0.1, -0.05) is 29.9 Å². The maximum Gasteiger partial charge on any atom is 0.414 e. The van der Waals surface area contributed by atoms with Crippen molar-refractivity contribution in [2.75, 3.05) is 44.3 Å². The van der Waals surface area contributed by atoms with Gasteiger partial charge in [0.05, 0.1) is 36.8 Å². The Balaban J connectivity index is 1.37. The average Bonchev–Trinajstić information content (AvgIpc) is 3.20. The molecule has 12 heteroatoms. The standard InChI is InChI=1S/C21H22ClN3O6S2/c22-14-1-6-19(32)18(11-14)20(26)23-12-16-13-25(21(27)31-16)15-2-4-17(5-3-15)33(28,29)24-7-9-30-10-8-24/h1-5,11,16H,6-10,12-13H2,(H,23,26)/t16-/m0/s1. The molecule has 0 saturated carbocycles. The first-order chi connectivity index (χ1) is 15.8. The van der Waals surface area contributed by atoms with Crippen LogP contribution < -0.4 is 10.2 Å². The summed E-state index contributed by atoms with van der Waals surface area (Å²) in [6.45, 7) is 1.65. The molecule has 33 heavy (non-hydrogen) atoms.